The van der Waals surface area contributed by atoms with Gasteiger partial charge in [0.2, 0.25) is 0 Å². The average Bonchev–Trinajstić information content (AvgIpc) is 2.37. The third kappa shape index (κ3) is 4.78. The minimum absolute atomic E-state index is 0.165. The number of aromatic hydroxyl groups is 1. The van der Waals surface area contributed by atoms with Crippen LogP contribution in [-0.4, -0.2) is 18.0 Å². The van der Waals surface area contributed by atoms with Crippen LogP contribution in [0.2, 0.25) is 0 Å². The first-order valence-electron chi connectivity index (χ1n) is 6.55. The zero-order chi connectivity index (χ0) is 13.4. The number of phenolic OH excluding ortho intramolecular Hbond substituents is 1. The molecule has 1 aromatic carbocycles. The van der Waals surface area contributed by atoms with Gasteiger partial charge in [-0.15, -0.1) is 0 Å². The lowest BCUT2D eigenvalue weighted by molar-refractivity contribution is -0.118. The zero-order valence-electron chi connectivity index (χ0n) is 11.2. The van der Waals surface area contributed by atoms with E-state index in [0.717, 1.165) is 12.8 Å². The summed E-state index contributed by atoms with van der Waals surface area (Å²) in [7, 11) is 1.57. The van der Waals surface area contributed by atoms with Crippen LogP contribution in [0.3, 0.4) is 0 Å². The topological polar surface area (TPSA) is 46.5 Å². The summed E-state index contributed by atoms with van der Waals surface area (Å²) in [6.07, 6.45) is 5.28. The second-order valence-corrected chi connectivity index (χ2v) is 4.52. The zero-order valence-corrected chi connectivity index (χ0v) is 11.2. The van der Waals surface area contributed by atoms with Crippen molar-refractivity contribution in [3.63, 3.8) is 0 Å². The van der Waals surface area contributed by atoms with Crippen molar-refractivity contribution in [2.75, 3.05) is 7.11 Å². The summed E-state index contributed by atoms with van der Waals surface area (Å²) in [6, 6.07) is 4.97. The summed E-state index contributed by atoms with van der Waals surface area (Å²) in [4.78, 5) is 11.8. The first-order valence-corrected chi connectivity index (χ1v) is 6.55. The molecule has 0 fully saturated rings. The molecule has 3 nitrogen and oxygen atoms in total. The summed E-state index contributed by atoms with van der Waals surface area (Å²) in [5.74, 6) is 1.01. The van der Waals surface area contributed by atoms with Crippen LogP contribution < -0.4 is 4.74 Å². The number of ether oxygens (including phenoxy) is 1. The number of rotatable bonds is 8. The Morgan fingerprint density at radius 2 is 2.06 bits per heavy atom. The summed E-state index contributed by atoms with van der Waals surface area (Å²) in [6.45, 7) is 2.15. The third-order valence-corrected chi connectivity index (χ3v) is 2.98. The molecule has 0 atom stereocenters. The summed E-state index contributed by atoms with van der Waals surface area (Å²) < 4.78 is 5.08. The maximum atomic E-state index is 11.8. The quantitative estimate of drug-likeness (QED) is 0.718. The number of hydrogen-bond donors (Lipinski definition) is 1. The highest BCUT2D eigenvalue weighted by atomic mass is 16.5. The fourth-order valence-corrected chi connectivity index (χ4v) is 1.88. The molecular weight excluding hydrogens is 228 g/mol. The van der Waals surface area contributed by atoms with Crippen molar-refractivity contribution >= 4 is 5.78 Å². The van der Waals surface area contributed by atoms with Gasteiger partial charge in [-0.2, -0.15) is 0 Å². The van der Waals surface area contributed by atoms with Crippen LogP contribution in [0.15, 0.2) is 18.2 Å². The first-order chi connectivity index (χ1) is 8.67. The van der Waals surface area contributed by atoms with Crippen molar-refractivity contribution in [2.24, 2.45) is 0 Å². The van der Waals surface area contributed by atoms with Crippen LogP contribution in [-0.2, 0) is 11.2 Å². The molecule has 0 unspecified atom stereocenters. The Hall–Kier alpha value is -1.51. The number of benzene rings is 1. The van der Waals surface area contributed by atoms with Gasteiger partial charge in [-0.3, -0.25) is 4.79 Å². The Balaban J connectivity index is 2.48. The van der Waals surface area contributed by atoms with Gasteiger partial charge in [0.05, 0.1) is 7.11 Å². The highest BCUT2D eigenvalue weighted by molar-refractivity contribution is 5.81. The van der Waals surface area contributed by atoms with E-state index in [2.05, 4.69) is 6.92 Å². The normalized spacial score (nSPS) is 10.3. The lowest BCUT2D eigenvalue weighted by atomic mass is 10.0. The number of carbonyl (C=O) groups excluding carboxylic acids is 1. The highest BCUT2D eigenvalue weighted by Gasteiger charge is 2.09. The van der Waals surface area contributed by atoms with Crippen molar-refractivity contribution in [2.45, 2.75) is 45.4 Å². The summed E-state index contributed by atoms with van der Waals surface area (Å²) in [5, 5.41) is 9.68. The van der Waals surface area contributed by atoms with Gasteiger partial charge < -0.3 is 9.84 Å². The predicted octanol–water partition coefficient (Wildman–Crippen LogP) is 3.48. The van der Waals surface area contributed by atoms with Crippen LogP contribution >= 0.6 is 0 Å². The lowest BCUT2D eigenvalue weighted by Gasteiger charge is -2.06. The summed E-state index contributed by atoms with van der Waals surface area (Å²) >= 11 is 0. The Morgan fingerprint density at radius 3 is 2.72 bits per heavy atom. The molecule has 18 heavy (non-hydrogen) atoms. The number of hydrogen-bond acceptors (Lipinski definition) is 3. The van der Waals surface area contributed by atoms with E-state index in [1.54, 1.807) is 25.3 Å². The average molecular weight is 250 g/mol. The maximum absolute atomic E-state index is 11.8. The van der Waals surface area contributed by atoms with Crippen molar-refractivity contribution in [3.8, 4) is 11.5 Å². The molecular formula is C15H22O3. The van der Waals surface area contributed by atoms with Gasteiger partial charge >= 0.3 is 0 Å². The molecule has 100 valence electrons. The molecule has 0 aliphatic heterocycles. The Bertz CT molecular complexity index is 385. The van der Waals surface area contributed by atoms with E-state index in [9.17, 15) is 9.90 Å². The molecule has 0 saturated heterocycles. The largest absolute Gasteiger partial charge is 0.508 e. The monoisotopic (exact) mass is 250 g/mol. The molecule has 0 aromatic heterocycles. The second kappa shape index (κ2) is 7.75. The van der Waals surface area contributed by atoms with Crippen molar-refractivity contribution < 1.29 is 14.6 Å². The maximum Gasteiger partial charge on any atom is 0.137 e. The van der Waals surface area contributed by atoms with Gasteiger partial charge in [0.1, 0.15) is 17.3 Å². The molecule has 0 heterocycles. The molecule has 1 aromatic rings. The Kier molecular flexibility index (Phi) is 6.26. The number of unbranched alkanes of at least 4 members (excludes halogenated alkanes) is 3. The molecule has 0 saturated carbocycles. The number of ketones is 1. The fourth-order valence-electron chi connectivity index (χ4n) is 1.88. The van der Waals surface area contributed by atoms with Gasteiger partial charge in [-0.25, -0.2) is 0 Å². The standard InChI is InChI=1S/C15H22O3/c1-3-4-5-6-7-13(16)10-12-11-14(18-2)8-9-15(12)17/h8-9,11,17H,3-7,10H2,1-2H3. The molecule has 0 spiro atoms. The molecule has 0 bridgehead atoms. The smallest absolute Gasteiger partial charge is 0.137 e. The Morgan fingerprint density at radius 1 is 1.28 bits per heavy atom. The number of phenols is 1. The predicted molar refractivity (Wildman–Crippen MR) is 72.1 cm³/mol. The lowest BCUT2D eigenvalue weighted by Crippen LogP contribution is -2.03. The molecule has 0 radical (unpaired) electrons. The minimum atomic E-state index is 0.165. The van der Waals surface area contributed by atoms with Gasteiger partial charge in [-0.1, -0.05) is 26.2 Å². The summed E-state index contributed by atoms with van der Waals surface area (Å²) in [5.41, 5.74) is 0.648. The number of methoxy groups -OCH3 is 1. The van der Waals surface area contributed by atoms with Crippen molar-refractivity contribution in [1.82, 2.24) is 0 Å². The van der Waals surface area contributed by atoms with Crippen LogP contribution in [0.4, 0.5) is 0 Å². The van der Waals surface area contributed by atoms with Crippen molar-refractivity contribution in [3.05, 3.63) is 23.8 Å². The van der Waals surface area contributed by atoms with E-state index in [1.165, 1.54) is 12.8 Å². The molecule has 1 rings (SSSR count). The highest BCUT2D eigenvalue weighted by Crippen LogP contribution is 2.23. The molecule has 0 amide bonds. The van der Waals surface area contributed by atoms with E-state index in [0.29, 0.717) is 17.7 Å². The molecule has 1 N–H and O–H groups in total. The molecule has 0 aliphatic rings. The molecule has 0 aliphatic carbocycles. The van der Waals surface area contributed by atoms with E-state index >= 15 is 0 Å². The SMILES string of the molecule is CCCCCCC(=O)Cc1cc(OC)ccc1O. The van der Waals surface area contributed by atoms with Crippen LogP contribution in [0.1, 0.15) is 44.6 Å². The molecule has 3 heteroatoms. The van der Waals surface area contributed by atoms with E-state index in [1.807, 2.05) is 0 Å². The Labute approximate surface area is 109 Å². The number of carbonyl (C=O) groups is 1. The van der Waals surface area contributed by atoms with Gasteiger partial charge in [0, 0.05) is 18.4 Å². The fraction of sp³-hybridized carbons (Fsp3) is 0.533. The van der Waals surface area contributed by atoms with Gasteiger partial charge in [0.25, 0.3) is 0 Å². The van der Waals surface area contributed by atoms with Crippen LogP contribution in [0.25, 0.3) is 0 Å². The third-order valence-electron chi connectivity index (χ3n) is 2.98. The van der Waals surface area contributed by atoms with E-state index < -0.39 is 0 Å². The minimum Gasteiger partial charge on any atom is -0.508 e. The number of Topliss-reactive ketones (excluding diaryl/α,β-unsaturated/α-hetero) is 1. The van der Waals surface area contributed by atoms with Crippen molar-refractivity contribution in [1.29, 1.82) is 0 Å². The second-order valence-electron chi connectivity index (χ2n) is 4.52. The van der Waals surface area contributed by atoms with E-state index in [-0.39, 0.29) is 18.0 Å². The van der Waals surface area contributed by atoms with Crippen LogP contribution in [0, 0.1) is 0 Å². The first kappa shape index (κ1) is 14.6. The van der Waals surface area contributed by atoms with E-state index in [4.69, 9.17) is 4.74 Å². The van der Waals surface area contributed by atoms with Gasteiger partial charge in [0.15, 0.2) is 0 Å². The van der Waals surface area contributed by atoms with Crippen LogP contribution in [0.5, 0.6) is 11.5 Å². The van der Waals surface area contributed by atoms with Gasteiger partial charge in [-0.05, 0) is 24.6 Å².